The largest absolute Gasteiger partial charge is 0.455 e. The first-order chi connectivity index (χ1) is 14.5. The third-order valence-electron chi connectivity index (χ3n) is 4.89. The molecule has 4 aromatic rings. The van der Waals surface area contributed by atoms with Gasteiger partial charge in [-0.25, -0.2) is 9.59 Å². The molecule has 0 fully saturated rings. The molecule has 1 heterocycles. The predicted molar refractivity (Wildman–Crippen MR) is 117 cm³/mol. The molecule has 0 aliphatic carbocycles. The summed E-state index contributed by atoms with van der Waals surface area (Å²) >= 11 is 0. The normalized spacial score (nSPS) is 10.7. The number of nitrogens with one attached hydrogen (secondary N) is 2. The Hall–Kier alpha value is -4.00. The van der Waals surface area contributed by atoms with Gasteiger partial charge in [0.25, 0.3) is 0 Å². The van der Waals surface area contributed by atoms with Gasteiger partial charge >= 0.3 is 11.7 Å². The van der Waals surface area contributed by atoms with Crippen molar-refractivity contribution in [2.24, 2.45) is 14.1 Å². The molecule has 0 spiro atoms. The van der Waals surface area contributed by atoms with Gasteiger partial charge in [-0.3, -0.25) is 9.13 Å². The molecule has 0 saturated heterocycles. The van der Waals surface area contributed by atoms with E-state index in [2.05, 4.69) is 10.6 Å². The highest BCUT2D eigenvalue weighted by molar-refractivity contribution is 5.94. The van der Waals surface area contributed by atoms with E-state index in [-0.39, 0.29) is 11.7 Å². The number of aryl methyl sites for hydroxylation is 2. The van der Waals surface area contributed by atoms with Crippen LogP contribution in [0.1, 0.15) is 5.56 Å². The molecule has 0 bridgehead atoms. The number of anilines is 1. The van der Waals surface area contributed by atoms with Crippen molar-refractivity contribution in [2.75, 3.05) is 5.32 Å². The number of para-hydroxylation sites is 1. The molecule has 4 rings (SSSR count). The van der Waals surface area contributed by atoms with E-state index >= 15 is 0 Å². The molecular formula is C23H22N4O3. The third kappa shape index (κ3) is 3.91. The standard InChI is InChI=1S/C23H22N4O3/c1-26-19-13-18(25-22(28)24-15-16-9-5-3-6-10-16)21(14-20(19)27(2)23(26)29)30-17-11-7-4-8-12-17/h3-14H,15H2,1-2H3,(H2,24,25,28). The zero-order valence-corrected chi connectivity index (χ0v) is 16.8. The zero-order valence-electron chi connectivity index (χ0n) is 16.8. The number of benzene rings is 3. The maximum atomic E-state index is 12.5. The first kappa shape index (κ1) is 19.3. The molecule has 0 atom stereocenters. The Balaban J connectivity index is 1.65. The lowest BCUT2D eigenvalue weighted by Gasteiger charge is -2.14. The maximum Gasteiger partial charge on any atom is 0.328 e. The minimum atomic E-state index is -0.364. The van der Waals surface area contributed by atoms with Gasteiger partial charge < -0.3 is 15.4 Å². The van der Waals surface area contributed by atoms with Gasteiger partial charge in [0.05, 0.1) is 16.7 Å². The van der Waals surface area contributed by atoms with Gasteiger partial charge in [0.15, 0.2) is 5.75 Å². The van der Waals surface area contributed by atoms with Crippen LogP contribution in [-0.4, -0.2) is 15.2 Å². The molecule has 0 aliphatic heterocycles. The lowest BCUT2D eigenvalue weighted by molar-refractivity contribution is 0.251. The Bertz CT molecular complexity index is 1240. The minimum absolute atomic E-state index is 0.152. The topological polar surface area (TPSA) is 77.3 Å². The highest BCUT2D eigenvalue weighted by Crippen LogP contribution is 2.33. The quantitative estimate of drug-likeness (QED) is 0.530. The number of hydrogen-bond donors (Lipinski definition) is 2. The molecule has 1 aromatic heterocycles. The van der Waals surface area contributed by atoms with Crippen LogP contribution < -0.4 is 21.1 Å². The Labute approximate surface area is 173 Å². The van der Waals surface area contributed by atoms with Crippen LogP contribution in [0, 0.1) is 0 Å². The van der Waals surface area contributed by atoms with Gasteiger partial charge in [-0.05, 0) is 23.8 Å². The molecule has 0 radical (unpaired) electrons. The molecule has 2 amide bonds. The van der Waals surface area contributed by atoms with Crippen molar-refractivity contribution < 1.29 is 9.53 Å². The summed E-state index contributed by atoms with van der Waals surface area (Å²) in [6.07, 6.45) is 0. The van der Waals surface area contributed by atoms with Crippen LogP contribution in [0.2, 0.25) is 0 Å². The van der Waals surface area contributed by atoms with E-state index in [1.807, 2.05) is 60.7 Å². The summed E-state index contributed by atoms with van der Waals surface area (Å²) in [5, 5.41) is 5.69. The molecule has 7 heteroatoms. The fraction of sp³-hybridized carbons (Fsp3) is 0.130. The van der Waals surface area contributed by atoms with Crippen molar-refractivity contribution in [2.45, 2.75) is 6.54 Å². The second kappa shape index (κ2) is 8.16. The van der Waals surface area contributed by atoms with Crippen molar-refractivity contribution in [3.05, 3.63) is 88.8 Å². The van der Waals surface area contributed by atoms with Gasteiger partial charge in [0.2, 0.25) is 0 Å². The molecule has 2 N–H and O–H groups in total. The summed E-state index contributed by atoms with van der Waals surface area (Å²) in [4.78, 5) is 24.9. The van der Waals surface area contributed by atoms with E-state index in [0.717, 1.165) is 5.56 Å². The van der Waals surface area contributed by atoms with Crippen LogP contribution in [0.3, 0.4) is 0 Å². The van der Waals surface area contributed by atoms with Crippen LogP contribution in [-0.2, 0) is 20.6 Å². The number of aromatic nitrogens is 2. The monoisotopic (exact) mass is 402 g/mol. The molecule has 7 nitrogen and oxygen atoms in total. The van der Waals surface area contributed by atoms with Gasteiger partial charge in [-0.1, -0.05) is 48.5 Å². The van der Waals surface area contributed by atoms with Crippen LogP contribution >= 0.6 is 0 Å². The van der Waals surface area contributed by atoms with Crippen molar-refractivity contribution in [3.8, 4) is 11.5 Å². The van der Waals surface area contributed by atoms with Gasteiger partial charge in [-0.15, -0.1) is 0 Å². The Morgan fingerprint density at radius 1 is 0.900 bits per heavy atom. The molecule has 152 valence electrons. The van der Waals surface area contributed by atoms with Gasteiger partial charge in [-0.2, -0.15) is 0 Å². The van der Waals surface area contributed by atoms with E-state index in [0.29, 0.717) is 34.8 Å². The number of carbonyl (C=O) groups excluding carboxylic acids is 1. The Morgan fingerprint density at radius 2 is 1.50 bits per heavy atom. The minimum Gasteiger partial charge on any atom is -0.455 e. The number of urea groups is 1. The fourth-order valence-corrected chi connectivity index (χ4v) is 3.27. The number of rotatable bonds is 5. The van der Waals surface area contributed by atoms with Crippen LogP contribution in [0.15, 0.2) is 77.6 Å². The number of fused-ring (bicyclic) bond motifs is 1. The summed E-state index contributed by atoms with van der Waals surface area (Å²) < 4.78 is 9.10. The smallest absolute Gasteiger partial charge is 0.328 e. The summed E-state index contributed by atoms with van der Waals surface area (Å²) in [6, 6.07) is 22.1. The predicted octanol–water partition coefficient (Wildman–Crippen LogP) is 3.99. The van der Waals surface area contributed by atoms with Crippen molar-refractivity contribution in [3.63, 3.8) is 0 Å². The molecule has 0 aliphatic rings. The summed E-state index contributed by atoms with van der Waals surface area (Å²) in [7, 11) is 3.40. The fourth-order valence-electron chi connectivity index (χ4n) is 3.27. The second-order valence-corrected chi connectivity index (χ2v) is 6.95. The average Bonchev–Trinajstić information content (AvgIpc) is 2.97. The molecule has 0 unspecified atom stereocenters. The zero-order chi connectivity index (χ0) is 21.1. The number of nitrogens with zero attached hydrogens (tertiary/aromatic N) is 2. The average molecular weight is 402 g/mol. The van der Waals surface area contributed by atoms with Crippen molar-refractivity contribution in [1.82, 2.24) is 14.5 Å². The number of imidazole rings is 1. The summed E-state index contributed by atoms with van der Waals surface area (Å²) in [5.74, 6) is 1.08. The number of carbonyl (C=O) groups is 1. The lowest BCUT2D eigenvalue weighted by Crippen LogP contribution is -2.28. The summed E-state index contributed by atoms with van der Waals surface area (Å²) in [5.41, 5.74) is 2.72. The van der Waals surface area contributed by atoms with Crippen LogP contribution in [0.4, 0.5) is 10.5 Å². The molecule has 0 saturated carbocycles. The van der Waals surface area contributed by atoms with E-state index in [1.54, 1.807) is 30.8 Å². The number of hydrogen-bond acceptors (Lipinski definition) is 3. The number of amides is 2. The van der Waals surface area contributed by atoms with Crippen molar-refractivity contribution >= 4 is 22.8 Å². The third-order valence-corrected chi connectivity index (χ3v) is 4.89. The first-order valence-corrected chi connectivity index (χ1v) is 9.54. The van der Waals surface area contributed by atoms with Crippen molar-refractivity contribution in [1.29, 1.82) is 0 Å². The van der Waals surface area contributed by atoms with Gasteiger partial charge in [0, 0.05) is 26.7 Å². The Morgan fingerprint density at radius 3 is 2.17 bits per heavy atom. The van der Waals surface area contributed by atoms with Crippen LogP contribution in [0.5, 0.6) is 11.5 Å². The highest BCUT2D eigenvalue weighted by Gasteiger charge is 2.16. The molecular weight excluding hydrogens is 380 g/mol. The lowest BCUT2D eigenvalue weighted by atomic mass is 10.2. The second-order valence-electron chi connectivity index (χ2n) is 6.95. The van der Waals surface area contributed by atoms with E-state index < -0.39 is 0 Å². The molecule has 3 aromatic carbocycles. The van der Waals surface area contributed by atoms with Crippen LogP contribution in [0.25, 0.3) is 11.0 Å². The number of ether oxygens (including phenoxy) is 1. The van der Waals surface area contributed by atoms with Gasteiger partial charge in [0.1, 0.15) is 5.75 Å². The molecule has 30 heavy (non-hydrogen) atoms. The van der Waals surface area contributed by atoms with E-state index in [9.17, 15) is 9.59 Å². The Kier molecular flexibility index (Phi) is 5.26. The maximum absolute atomic E-state index is 12.5. The summed E-state index contributed by atoms with van der Waals surface area (Å²) in [6.45, 7) is 0.396. The highest BCUT2D eigenvalue weighted by atomic mass is 16.5. The first-order valence-electron chi connectivity index (χ1n) is 9.54. The van der Waals surface area contributed by atoms with E-state index in [4.69, 9.17) is 4.74 Å². The SMILES string of the molecule is Cn1c(=O)n(C)c2cc(Oc3ccccc3)c(NC(=O)NCc3ccccc3)cc21. The van der Waals surface area contributed by atoms with E-state index in [1.165, 1.54) is 4.57 Å².